The predicted molar refractivity (Wildman–Crippen MR) is 65.4 cm³/mol. The first-order valence-corrected chi connectivity index (χ1v) is 6.41. The molecule has 1 saturated carbocycles. The Morgan fingerprint density at radius 3 is 2.58 bits per heavy atom. The van der Waals surface area contributed by atoms with Crippen LogP contribution in [0, 0.1) is 0 Å². The van der Waals surface area contributed by atoms with Gasteiger partial charge in [-0.2, -0.15) is 13.2 Å². The number of rotatable bonds is 3. The summed E-state index contributed by atoms with van der Waals surface area (Å²) in [6.45, 7) is 0. The van der Waals surface area contributed by atoms with E-state index in [1.807, 2.05) is 5.32 Å². The van der Waals surface area contributed by atoms with Gasteiger partial charge in [-0.15, -0.1) is 0 Å². The first-order valence-electron chi connectivity index (χ1n) is 5.61. The Balaban J connectivity index is 2.11. The Labute approximate surface area is 115 Å². The summed E-state index contributed by atoms with van der Waals surface area (Å²) in [5.74, 6) is 0. The van der Waals surface area contributed by atoms with E-state index in [9.17, 15) is 18.0 Å². The van der Waals surface area contributed by atoms with Gasteiger partial charge in [0.25, 0.3) is 0 Å². The fraction of sp³-hybridized carbons (Fsp3) is 0.455. The molecule has 2 rings (SSSR count). The normalized spacial score (nSPS) is 16.8. The van der Waals surface area contributed by atoms with Crippen molar-refractivity contribution in [2.24, 2.45) is 0 Å². The van der Waals surface area contributed by atoms with Gasteiger partial charge < -0.3 is 10.6 Å². The Morgan fingerprint density at radius 2 is 2.11 bits per heavy atom. The lowest BCUT2D eigenvalue weighted by Crippen LogP contribution is -2.44. The number of carbonyl (C=O) groups excluding carboxylic acids is 1. The molecule has 2 N–H and O–H groups in total. The fourth-order valence-electron chi connectivity index (χ4n) is 1.50. The average molecular weight is 338 g/mol. The van der Waals surface area contributed by atoms with Gasteiger partial charge >= 0.3 is 12.2 Å². The Bertz CT molecular complexity index is 459. The number of aromatic nitrogens is 1. The van der Waals surface area contributed by atoms with Gasteiger partial charge in [-0.25, -0.2) is 9.78 Å². The Morgan fingerprint density at radius 1 is 1.42 bits per heavy atom. The van der Waals surface area contributed by atoms with Crippen LogP contribution in [0.4, 0.5) is 18.0 Å². The molecule has 1 heterocycles. The number of carbonyl (C=O) groups is 1. The Kier molecular flexibility index (Phi) is 3.98. The highest BCUT2D eigenvalue weighted by Crippen LogP contribution is 2.32. The molecule has 8 heteroatoms. The summed E-state index contributed by atoms with van der Waals surface area (Å²) in [7, 11) is 0. The van der Waals surface area contributed by atoms with Crippen molar-refractivity contribution in [3.63, 3.8) is 0 Å². The summed E-state index contributed by atoms with van der Waals surface area (Å²) < 4.78 is 39.2. The van der Waals surface area contributed by atoms with Crippen molar-refractivity contribution in [3.05, 3.63) is 28.5 Å². The minimum absolute atomic E-state index is 0.00285. The molecule has 1 atom stereocenters. The molecule has 1 aromatic rings. The number of urea groups is 1. The van der Waals surface area contributed by atoms with Gasteiger partial charge in [0.2, 0.25) is 0 Å². The molecule has 0 aliphatic heterocycles. The van der Waals surface area contributed by atoms with Crippen molar-refractivity contribution in [1.82, 2.24) is 15.6 Å². The summed E-state index contributed by atoms with van der Waals surface area (Å²) in [6, 6.07) is -0.210. The molecule has 0 bridgehead atoms. The maximum atomic E-state index is 12.9. The van der Waals surface area contributed by atoms with E-state index in [1.165, 1.54) is 12.1 Å². The van der Waals surface area contributed by atoms with Crippen LogP contribution in [-0.2, 0) is 0 Å². The number of hydrogen-bond donors (Lipinski definition) is 2. The van der Waals surface area contributed by atoms with Gasteiger partial charge in [-0.1, -0.05) is 6.07 Å². The minimum atomic E-state index is -4.57. The molecule has 2 amide bonds. The smallest absolute Gasteiger partial charge is 0.335 e. The lowest BCUT2D eigenvalue weighted by atomic mass is 10.1. The lowest BCUT2D eigenvalue weighted by molar-refractivity contribution is -0.155. The second-order valence-corrected chi connectivity index (χ2v) is 5.09. The summed E-state index contributed by atoms with van der Waals surface area (Å²) >= 11 is 3.04. The molecule has 0 spiro atoms. The minimum Gasteiger partial charge on any atom is -0.335 e. The summed E-state index contributed by atoms with van der Waals surface area (Å²) in [4.78, 5) is 15.2. The monoisotopic (exact) mass is 337 g/mol. The largest absolute Gasteiger partial charge is 0.412 e. The molecule has 1 aromatic heterocycles. The van der Waals surface area contributed by atoms with Crippen LogP contribution in [0.1, 0.15) is 24.4 Å². The van der Waals surface area contributed by atoms with Crippen LogP contribution in [0.25, 0.3) is 0 Å². The van der Waals surface area contributed by atoms with Crippen molar-refractivity contribution in [2.75, 3.05) is 0 Å². The summed E-state index contributed by atoms with van der Waals surface area (Å²) in [6.07, 6.45) is -1.87. The first-order chi connectivity index (χ1) is 8.86. The van der Waals surface area contributed by atoms with Gasteiger partial charge in [-0.3, -0.25) is 0 Å². The van der Waals surface area contributed by atoms with Crippen molar-refractivity contribution < 1.29 is 18.0 Å². The summed E-state index contributed by atoms with van der Waals surface area (Å²) in [5.41, 5.74) is -0.110. The number of pyridine rings is 1. The first kappa shape index (κ1) is 14.1. The quantitative estimate of drug-likeness (QED) is 0.833. The molecular weight excluding hydrogens is 327 g/mol. The zero-order valence-corrected chi connectivity index (χ0v) is 11.3. The van der Waals surface area contributed by atoms with Crippen LogP contribution in [0.5, 0.6) is 0 Å². The van der Waals surface area contributed by atoms with E-state index < -0.39 is 18.2 Å². The number of hydrogen-bond acceptors (Lipinski definition) is 2. The third-order valence-electron chi connectivity index (χ3n) is 2.60. The molecule has 0 radical (unpaired) electrons. The van der Waals surface area contributed by atoms with Crippen molar-refractivity contribution in [2.45, 2.75) is 31.1 Å². The highest BCUT2D eigenvalue weighted by molar-refractivity contribution is 9.10. The van der Waals surface area contributed by atoms with Gasteiger partial charge in [0.05, 0.1) is 0 Å². The molecule has 1 fully saturated rings. The van der Waals surface area contributed by atoms with Crippen LogP contribution in [0.2, 0.25) is 0 Å². The molecule has 104 valence electrons. The third-order valence-corrected chi connectivity index (χ3v) is 3.07. The van der Waals surface area contributed by atoms with Crippen molar-refractivity contribution in [3.8, 4) is 0 Å². The van der Waals surface area contributed by atoms with Crippen LogP contribution in [0.3, 0.4) is 0 Å². The van der Waals surface area contributed by atoms with Crippen LogP contribution in [-0.4, -0.2) is 23.2 Å². The van der Waals surface area contributed by atoms with E-state index in [-0.39, 0.29) is 11.6 Å². The van der Waals surface area contributed by atoms with Gasteiger partial charge in [0.15, 0.2) is 6.04 Å². The maximum Gasteiger partial charge on any atom is 0.412 e. The predicted octanol–water partition coefficient (Wildman–Crippen LogP) is 2.91. The van der Waals surface area contributed by atoms with E-state index in [0.29, 0.717) is 4.60 Å². The maximum absolute atomic E-state index is 12.9. The lowest BCUT2D eigenvalue weighted by Gasteiger charge is -2.22. The average Bonchev–Trinajstić information content (AvgIpc) is 3.10. The second-order valence-electron chi connectivity index (χ2n) is 4.28. The standard InChI is InChI=1S/C11H11BrF3N3O/c12-8-4-1-6(5-16-8)9(11(13,14)15)18-10(19)17-7-2-3-7/h1,4-5,7,9H,2-3H2,(H2,17,18,19). The number of amides is 2. The molecule has 1 unspecified atom stereocenters. The second kappa shape index (κ2) is 5.36. The zero-order chi connectivity index (χ0) is 14.0. The topological polar surface area (TPSA) is 54.0 Å². The molecule has 0 saturated heterocycles. The van der Waals surface area contributed by atoms with E-state index in [4.69, 9.17) is 0 Å². The van der Waals surface area contributed by atoms with E-state index in [0.717, 1.165) is 19.0 Å². The van der Waals surface area contributed by atoms with E-state index >= 15 is 0 Å². The SMILES string of the molecule is O=C(NC1CC1)NC(c1ccc(Br)nc1)C(F)(F)F. The summed E-state index contributed by atoms with van der Waals surface area (Å²) in [5, 5.41) is 4.39. The van der Waals surface area contributed by atoms with Crippen LogP contribution in [0.15, 0.2) is 22.9 Å². The molecule has 0 aromatic carbocycles. The molecule has 19 heavy (non-hydrogen) atoms. The number of nitrogens with zero attached hydrogens (tertiary/aromatic N) is 1. The zero-order valence-electron chi connectivity index (χ0n) is 9.67. The van der Waals surface area contributed by atoms with Crippen LogP contribution < -0.4 is 10.6 Å². The number of halogens is 4. The van der Waals surface area contributed by atoms with Crippen LogP contribution >= 0.6 is 15.9 Å². The van der Waals surface area contributed by atoms with E-state index in [1.54, 1.807) is 0 Å². The number of alkyl halides is 3. The molecular formula is C11H11BrF3N3O. The van der Waals surface area contributed by atoms with E-state index in [2.05, 4.69) is 26.2 Å². The molecule has 1 aliphatic carbocycles. The third kappa shape index (κ3) is 4.09. The van der Waals surface area contributed by atoms with Crippen molar-refractivity contribution in [1.29, 1.82) is 0 Å². The van der Waals surface area contributed by atoms with Gasteiger partial charge in [0, 0.05) is 17.8 Å². The molecule has 4 nitrogen and oxygen atoms in total. The van der Waals surface area contributed by atoms with Gasteiger partial charge in [-0.05, 0) is 34.8 Å². The molecule has 1 aliphatic rings. The number of nitrogens with one attached hydrogen (secondary N) is 2. The van der Waals surface area contributed by atoms with Gasteiger partial charge in [0.1, 0.15) is 4.60 Å². The highest BCUT2D eigenvalue weighted by atomic mass is 79.9. The fourth-order valence-corrected chi connectivity index (χ4v) is 1.73. The Hall–Kier alpha value is -1.31. The highest BCUT2D eigenvalue weighted by Gasteiger charge is 2.42. The van der Waals surface area contributed by atoms with Crippen molar-refractivity contribution >= 4 is 22.0 Å².